The summed E-state index contributed by atoms with van der Waals surface area (Å²) in [6, 6.07) is 5.14. The summed E-state index contributed by atoms with van der Waals surface area (Å²) in [6.45, 7) is 0.671. The first-order valence-electron chi connectivity index (χ1n) is 16.3. The minimum Gasteiger partial charge on any atom is -0.438 e. The Hall–Kier alpha value is -4.43. The zero-order valence-corrected chi connectivity index (χ0v) is 33.0. The Labute approximate surface area is 316 Å². The van der Waals surface area contributed by atoms with Gasteiger partial charge in [0, 0.05) is 58.3 Å². The van der Waals surface area contributed by atoms with Crippen LogP contribution in [0.3, 0.4) is 0 Å². The first-order chi connectivity index (χ1) is 25.9. The van der Waals surface area contributed by atoms with Crippen molar-refractivity contribution in [3.8, 4) is 11.5 Å². The van der Waals surface area contributed by atoms with E-state index in [1.54, 1.807) is 0 Å². The molecule has 0 spiro atoms. The number of nitrogens with one attached hydrogen (secondary N) is 2. The molecule has 304 valence electrons. The van der Waals surface area contributed by atoms with Gasteiger partial charge in [0.25, 0.3) is 0 Å². The normalized spacial score (nSPS) is 13.4. The molecular weight excluding hydrogens is 774 g/mol. The van der Waals surface area contributed by atoms with Crippen molar-refractivity contribution in [1.82, 2.24) is 9.80 Å². The number of hydrogen-bond donors (Lipinski definition) is 3. The fraction of sp³-hybridized carbons (Fsp3) is 0.469. The molecule has 0 aromatic heterocycles. The fourth-order valence-corrected chi connectivity index (χ4v) is 6.46. The van der Waals surface area contributed by atoms with Gasteiger partial charge in [-0.05, 0) is 52.5 Å². The lowest BCUT2D eigenvalue weighted by molar-refractivity contribution is -0.151. The SMILES string of the molecule is CC(=O)OCOP(=O)(OCO)Oc1ccc(NCCN(C)C)c2c1C(=O)c1c(NCCN(C)C)ccc(OP(=O)(OCOC(C)=O)OCOC(C)=O)c1C2=O. The average Bonchev–Trinajstić information content (AvgIpc) is 3.07. The van der Waals surface area contributed by atoms with Crippen LogP contribution in [0.2, 0.25) is 0 Å². The van der Waals surface area contributed by atoms with Crippen LogP contribution in [-0.2, 0) is 55.8 Å². The number of carbonyl (C=O) groups excluding carboxylic acids is 5. The lowest BCUT2D eigenvalue weighted by Gasteiger charge is -2.28. The second-order valence-corrected chi connectivity index (χ2v) is 15.0. The van der Waals surface area contributed by atoms with Gasteiger partial charge in [0.2, 0.25) is 31.9 Å². The van der Waals surface area contributed by atoms with Gasteiger partial charge in [-0.3, -0.25) is 24.0 Å². The van der Waals surface area contributed by atoms with E-state index in [-0.39, 0.29) is 35.6 Å². The summed E-state index contributed by atoms with van der Waals surface area (Å²) in [6.07, 6.45) is 0. The van der Waals surface area contributed by atoms with E-state index in [0.29, 0.717) is 13.1 Å². The molecule has 23 heteroatoms. The van der Waals surface area contributed by atoms with E-state index < -0.39 is 94.9 Å². The van der Waals surface area contributed by atoms with Crippen LogP contribution in [-0.4, -0.2) is 126 Å². The number of ketones is 2. The molecule has 0 aliphatic heterocycles. The highest BCUT2D eigenvalue weighted by Gasteiger charge is 2.43. The first kappa shape index (κ1) is 45.0. The smallest absolute Gasteiger partial charge is 0.438 e. The molecule has 0 radical (unpaired) electrons. The second kappa shape index (κ2) is 20.5. The van der Waals surface area contributed by atoms with Gasteiger partial charge in [-0.1, -0.05) is 0 Å². The van der Waals surface area contributed by atoms with E-state index in [9.17, 15) is 38.2 Å². The fourth-order valence-electron chi connectivity index (χ4n) is 4.63. The second-order valence-electron chi connectivity index (χ2n) is 11.8. The minimum atomic E-state index is -4.90. The molecule has 2 aromatic rings. The van der Waals surface area contributed by atoms with Crippen LogP contribution in [0.25, 0.3) is 0 Å². The quantitative estimate of drug-likeness (QED) is 0.0538. The van der Waals surface area contributed by atoms with Crippen molar-refractivity contribution < 1.29 is 79.6 Å². The summed E-state index contributed by atoms with van der Waals surface area (Å²) in [7, 11) is -2.50. The number of esters is 3. The van der Waals surface area contributed by atoms with Crippen molar-refractivity contribution in [3.05, 3.63) is 46.5 Å². The van der Waals surface area contributed by atoms with E-state index in [2.05, 4.69) is 15.4 Å². The van der Waals surface area contributed by atoms with E-state index in [4.69, 9.17) is 36.6 Å². The first-order valence-corrected chi connectivity index (χ1v) is 19.2. The number of hydrogen-bond acceptors (Lipinski definition) is 21. The summed E-state index contributed by atoms with van der Waals surface area (Å²) in [4.78, 5) is 67.4. The number of fused-ring (bicyclic) bond motifs is 2. The van der Waals surface area contributed by atoms with Crippen molar-refractivity contribution in [2.75, 3.05) is 92.2 Å². The molecule has 0 amide bonds. The molecule has 1 aliphatic rings. The third kappa shape index (κ3) is 13.1. The highest BCUT2D eigenvalue weighted by molar-refractivity contribution is 7.49. The number of phosphoric acid groups is 2. The van der Waals surface area contributed by atoms with E-state index >= 15 is 0 Å². The summed E-state index contributed by atoms with van der Waals surface area (Å²) in [5.74, 6) is -5.18. The van der Waals surface area contributed by atoms with Gasteiger partial charge in [-0.2, -0.15) is 0 Å². The topological polar surface area (TPSA) is 253 Å². The Bertz CT molecular complexity index is 1810. The van der Waals surface area contributed by atoms with Crippen molar-refractivity contribution in [1.29, 1.82) is 0 Å². The molecule has 21 nitrogen and oxygen atoms in total. The molecule has 1 unspecified atom stereocenters. The molecule has 3 N–H and O–H groups in total. The number of aliphatic hydroxyl groups excluding tert-OH is 1. The number of anilines is 2. The minimum absolute atomic E-state index is 0.113. The third-order valence-corrected chi connectivity index (χ3v) is 9.58. The molecular formula is C32H44N4O17P2. The lowest BCUT2D eigenvalue weighted by Crippen LogP contribution is -2.28. The number of ether oxygens (including phenoxy) is 3. The zero-order chi connectivity index (χ0) is 40.9. The van der Waals surface area contributed by atoms with Crippen LogP contribution in [0.15, 0.2) is 24.3 Å². The number of aliphatic hydroxyl groups is 1. The number of rotatable bonds is 23. The van der Waals surface area contributed by atoms with Crippen molar-refractivity contribution in [2.24, 2.45) is 0 Å². The van der Waals surface area contributed by atoms with E-state index in [0.717, 1.165) is 20.8 Å². The predicted octanol–water partition coefficient (Wildman–Crippen LogP) is 2.96. The van der Waals surface area contributed by atoms with Gasteiger partial charge < -0.3 is 48.8 Å². The standard InChI is InChI=1S/C32H44N4O17P2/c1-20(38)45-17-49-54(43,48-16-37)52-25-10-8-23(33-12-14-35(4)5)27-29(25)31(41)28-24(34-13-15-36(6)7)9-11-26(30(28)32(27)42)53-55(44,50-18-46-21(2)39)51-19-47-22(3)40/h8-11,33-34,37H,12-19H2,1-7H3. The summed E-state index contributed by atoms with van der Waals surface area (Å²) >= 11 is 0. The molecule has 1 aliphatic carbocycles. The van der Waals surface area contributed by atoms with Gasteiger partial charge in [0.1, 0.15) is 11.5 Å². The number of carbonyl (C=O) groups is 5. The van der Waals surface area contributed by atoms with Crippen LogP contribution in [0.4, 0.5) is 11.4 Å². The predicted molar refractivity (Wildman–Crippen MR) is 192 cm³/mol. The number of benzene rings is 2. The van der Waals surface area contributed by atoms with Crippen LogP contribution < -0.4 is 19.7 Å². The molecule has 2 aromatic carbocycles. The molecule has 0 saturated heterocycles. The Morgan fingerprint density at radius 2 is 0.945 bits per heavy atom. The molecule has 0 fully saturated rings. The lowest BCUT2D eigenvalue weighted by atomic mass is 9.81. The highest BCUT2D eigenvalue weighted by Crippen LogP contribution is 2.55. The van der Waals surface area contributed by atoms with Gasteiger partial charge in [-0.25, -0.2) is 27.2 Å². The van der Waals surface area contributed by atoms with Crippen LogP contribution in [0, 0.1) is 0 Å². The van der Waals surface area contributed by atoms with Crippen molar-refractivity contribution >= 4 is 56.5 Å². The monoisotopic (exact) mass is 818 g/mol. The van der Waals surface area contributed by atoms with Crippen LogP contribution >= 0.6 is 15.6 Å². The molecule has 1 atom stereocenters. The summed E-state index contributed by atoms with van der Waals surface area (Å²) < 4.78 is 72.8. The third-order valence-electron chi connectivity index (χ3n) is 7.05. The average molecular weight is 819 g/mol. The molecule has 0 bridgehead atoms. The Morgan fingerprint density at radius 1 is 0.600 bits per heavy atom. The number of phosphoric ester groups is 2. The Balaban J connectivity index is 2.27. The number of likely N-dealkylation sites (N-methyl/N-ethyl adjacent to an activating group) is 2. The molecule has 0 saturated carbocycles. The highest BCUT2D eigenvalue weighted by atomic mass is 31.2. The maximum atomic E-state index is 14.8. The van der Waals surface area contributed by atoms with Crippen molar-refractivity contribution in [2.45, 2.75) is 20.8 Å². The van der Waals surface area contributed by atoms with Gasteiger partial charge in [0.05, 0.1) is 22.3 Å². The maximum Gasteiger partial charge on any atom is 0.535 e. The summed E-state index contributed by atoms with van der Waals surface area (Å²) in [5, 5.41) is 15.6. The Morgan fingerprint density at radius 3 is 1.25 bits per heavy atom. The van der Waals surface area contributed by atoms with Crippen LogP contribution in [0.1, 0.15) is 52.6 Å². The molecule has 0 heterocycles. The largest absolute Gasteiger partial charge is 0.535 e. The van der Waals surface area contributed by atoms with Crippen molar-refractivity contribution in [3.63, 3.8) is 0 Å². The van der Waals surface area contributed by atoms with Gasteiger partial charge in [-0.15, -0.1) is 0 Å². The van der Waals surface area contributed by atoms with Crippen LogP contribution in [0.5, 0.6) is 11.5 Å². The van der Waals surface area contributed by atoms with Gasteiger partial charge >= 0.3 is 33.6 Å². The maximum absolute atomic E-state index is 14.8. The zero-order valence-electron chi connectivity index (χ0n) is 31.2. The van der Waals surface area contributed by atoms with E-state index in [1.165, 1.54) is 24.3 Å². The molecule has 3 rings (SSSR count). The Kier molecular flexibility index (Phi) is 16.7. The number of nitrogens with zero attached hydrogens (tertiary/aromatic N) is 2. The van der Waals surface area contributed by atoms with E-state index in [1.807, 2.05) is 38.0 Å². The summed E-state index contributed by atoms with van der Waals surface area (Å²) in [5.41, 5.74) is -1.23. The van der Waals surface area contributed by atoms with Gasteiger partial charge in [0.15, 0.2) is 6.79 Å². The molecule has 55 heavy (non-hydrogen) atoms.